The summed E-state index contributed by atoms with van der Waals surface area (Å²) in [6, 6.07) is 9.68. The van der Waals surface area contributed by atoms with Crippen molar-refractivity contribution in [1.29, 1.82) is 0 Å². The van der Waals surface area contributed by atoms with Crippen molar-refractivity contribution in [2.45, 2.75) is 26.2 Å². The number of aryl methyl sites for hydroxylation is 2. The van der Waals surface area contributed by atoms with Crippen molar-refractivity contribution in [2.75, 3.05) is 0 Å². The van der Waals surface area contributed by atoms with Gasteiger partial charge >= 0.3 is 0 Å². The number of carbonyl (C=O) groups is 1. The van der Waals surface area contributed by atoms with Gasteiger partial charge in [-0.1, -0.05) is 29.8 Å². The summed E-state index contributed by atoms with van der Waals surface area (Å²) >= 11 is 6.13. The standard InChI is InChI=1S/C16H16ClNO/c1-12-4-6-14(16(17)9-12)10-15(19)7-5-13-3-2-8-18-11-13/h2-4,6,8-9,11H,5,7,10H2,1H3. The first-order valence-electron chi connectivity index (χ1n) is 6.31. The van der Waals surface area contributed by atoms with Crippen LogP contribution in [0.2, 0.25) is 5.02 Å². The first-order valence-corrected chi connectivity index (χ1v) is 6.68. The Hall–Kier alpha value is -1.67. The van der Waals surface area contributed by atoms with E-state index < -0.39 is 0 Å². The summed E-state index contributed by atoms with van der Waals surface area (Å²) in [7, 11) is 0. The van der Waals surface area contributed by atoms with Gasteiger partial charge in [0.05, 0.1) is 0 Å². The number of aromatic nitrogens is 1. The number of hydrogen-bond donors (Lipinski definition) is 0. The fourth-order valence-electron chi connectivity index (χ4n) is 1.93. The molecule has 0 unspecified atom stereocenters. The van der Waals surface area contributed by atoms with Gasteiger partial charge in [0.2, 0.25) is 0 Å². The van der Waals surface area contributed by atoms with Crippen molar-refractivity contribution in [2.24, 2.45) is 0 Å². The van der Waals surface area contributed by atoms with Crippen molar-refractivity contribution in [3.05, 3.63) is 64.4 Å². The maximum atomic E-state index is 11.9. The minimum atomic E-state index is 0.203. The first kappa shape index (κ1) is 13.8. The maximum Gasteiger partial charge on any atom is 0.137 e. The molecule has 0 fully saturated rings. The zero-order valence-corrected chi connectivity index (χ0v) is 11.7. The summed E-state index contributed by atoms with van der Waals surface area (Å²) in [5.41, 5.74) is 3.10. The molecule has 0 saturated heterocycles. The highest BCUT2D eigenvalue weighted by molar-refractivity contribution is 6.31. The van der Waals surface area contributed by atoms with Crippen LogP contribution < -0.4 is 0 Å². The van der Waals surface area contributed by atoms with Gasteiger partial charge in [-0.3, -0.25) is 9.78 Å². The Morgan fingerprint density at radius 3 is 2.84 bits per heavy atom. The molecule has 0 bridgehead atoms. The quantitative estimate of drug-likeness (QED) is 0.830. The van der Waals surface area contributed by atoms with E-state index in [1.807, 2.05) is 37.3 Å². The summed E-state index contributed by atoms with van der Waals surface area (Å²) in [6.07, 6.45) is 5.19. The van der Waals surface area contributed by atoms with Crippen LogP contribution in [0, 0.1) is 6.92 Å². The number of nitrogens with zero attached hydrogens (tertiary/aromatic N) is 1. The Morgan fingerprint density at radius 1 is 1.32 bits per heavy atom. The van der Waals surface area contributed by atoms with Gasteiger partial charge in [-0.15, -0.1) is 0 Å². The van der Waals surface area contributed by atoms with Gasteiger partial charge in [0.25, 0.3) is 0 Å². The summed E-state index contributed by atoms with van der Waals surface area (Å²) in [4.78, 5) is 16.0. The zero-order chi connectivity index (χ0) is 13.7. The van der Waals surface area contributed by atoms with Crippen molar-refractivity contribution in [3.63, 3.8) is 0 Å². The largest absolute Gasteiger partial charge is 0.299 e. The van der Waals surface area contributed by atoms with E-state index in [9.17, 15) is 4.79 Å². The van der Waals surface area contributed by atoms with Gasteiger partial charge in [0.1, 0.15) is 5.78 Å². The molecule has 2 aromatic rings. The molecule has 0 radical (unpaired) electrons. The highest BCUT2D eigenvalue weighted by Gasteiger charge is 2.07. The molecule has 1 heterocycles. The lowest BCUT2D eigenvalue weighted by Crippen LogP contribution is -2.05. The van der Waals surface area contributed by atoms with E-state index in [0.29, 0.717) is 17.9 Å². The summed E-state index contributed by atoms with van der Waals surface area (Å²) in [5, 5.41) is 0.676. The van der Waals surface area contributed by atoms with Crippen LogP contribution >= 0.6 is 11.6 Å². The second-order valence-corrected chi connectivity index (χ2v) is 5.08. The second-order valence-electron chi connectivity index (χ2n) is 4.67. The minimum absolute atomic E-state index is 0.203. The van der Waals surface area contributed by atoms with Crippen molar-refractivity contribution in [3.8, 4) is 0 Å². The highest BCUT2D eigenvalue weighted by Crippen LogP contribution is 2.19. The Balaban J connectivity index is 1.91. The third kappa shape index (κ3) is 4.18. The fraction of sp³-hybridized carbons (Fsp3) is 0.250. The number of rotatable bonds is 5. The van der Waals surface area contributed by atoms with Gasteiger partial charge < -0.3 is 0 Å². The molecular formula is C16H16ClNO. The molecule has 0 aliphatic rings. The molecular weight excluding hydrogens is 258 g/mol. The van der Waals surface area contributed by atoms with Crippen LogP contribution in [0.1, 0.15) is 23.1 Å². The molecule has 1 aromatic carbocycles. The van der Waals surface area contributed by atoms with Crippen LogP contribution in [0.4, 0.5) is 0 Å². The van der Waals surface area contributed by atoms with E-state index in [4.69, 9.17) is 11.6 Å². The molecule has 2 rings (SSSR count). The molecule has 0 saturated carbocycles. The molecule has 0 N–H and O–H groups in total. The maximum absolute atomic E-state index is 11.9. The van der Waals surface area contributed by atoms with E-state index in [1.165, 1.54) is 0 Å². The average molecular weight is 274 g/mol. The molecule has 2 nitrogen and oxygen atoms in total. The number of carbonyl (C=O) groups excluding carboxylic acids is 1. The van der Waals surface area contributed by atoms with Crippen molar-refractivity contribution < 1.29 is 4.79 Å². The lowest BCUT2D eigenvalue weighted by molar-refractivity contribution is -0.118. The number of benzene rings is 1. The number of hydrogen-bond acceptors (Lipinski definition) is 2. The Labute approximate surface area is 118 Å². The van der Waals surface area contributed by atoms with Crippen LogP contribution in [0.5, 0.6) is 0 Å². The van der Waals surface area contributed by atoms with Crippen LogP contribution in [0.3, 0.4) is 0 Å². The van der Waals surface area contributed by atoms with E-state index in [-0.39, 0.29) is 5.78 Å². The van der Waals surface area contributed by atoms with Crippen LogP contribution in [-0.2, 0) is 17.6 Å². The van der Waals surface area contributed by atoms with E-state index in [2.05, 4.69) is 4.98 Å². The van der Waals surface area contributed by atoms with Crippen LogP contribution in [0.15, 0.2) is 42.7 Å². The lowest BCUT2D eigenvalue weighted by Gasteiger charge is -2.05. The first-order chi connectivity index (χ1) is 9.15. The molecule has 98 valence electrons. The molecule has 0 spiro atoms. The average Bonchev–Trinajstić information content (AvgIpc) is 2.41. The molecule has 0 aliphatic heterocycles. The highest BCUT2D eigenvalue weighted by atomic mass is 35.5. The Kier molecular flexibility index (Phi) is 4.69. The third-order valence-corrected chi connectivity index (χ3v) is 3.36. The van der Waals surface area contributed by atoms with Gasteiger partial charge in [-0.05, 0) is 42.2 Å². The molecule has 19 heavy (non-hydrogen) atoms. The molecule has 0 amide bonds. The molecule has 1 aromatic heterocycles. The summed E-state index contributed by atoms with van der Waals surface area (Å²) in [5.74, 6) is 0.203. The molecule has 0 atom stereocenters. The number of Topliss-reactive ketones (excluding diaryl/α,β-unsaturated/α-hetero) is 1. The molecule has 0 aliphatic carbocycles. The number of ketones is 1. The minimum Gasteiger partial charge on any atom is -0.299 e. The normalized spacial score (nSPS) is 10.4. The lowest BCUT2D eigenvalue weighted by atomic mass is 10.0. The number of pyridine rings is 1. The smallest absolute Gasteiger partial charge is 0.137 e. The summed E-state index contributed by atoms with van der Waals surface area (Å²) < 4.78 is 0. The topological polar surface area (TPSA) is 30.0 Å². The predicted octanol–water partition coefficient (Wildman–Crippen LogP) is 3.79. The fourth-order valence-corrected chi connectivity index (χ4v) is 2.23. The van der Waals surface area contributed by atoms with E-state index in [0.717, 1.165) is 23.1 Å². The van der Waals surface area contributed by atoms with E-state index >= 15 is 0 Å². The SMILES string of the molecule is Cc1ccc(CC(=O)CCc2cccnc2)c(Cl)c1. The Bertz CT molecular complexity index is 566. The second kappa shape index (κ2) is 6.48. The Morgan fingerprint density at radius 2 is 2.16 bits per heavy atom. The van der Waals surface area contributed by atoms with Gasteiger partial charge in [-0.2, -0.15) is 0 Å². The van der Waals surface area contributed by atoms with E-state index in [1.54, 1.807) is 12.4 Å². The monoisotopic (exact) mass is 273 g/mol. The van der Waals surface area contributed by atoms with Gasteiger partial charge in [0, 0.05) is 30.3 Å². The van der Waals surface area contributed by atoms with Gasteiger partial charge in [0.15, 0.2) is 0 Å². The predicted molar refractivity (Wildman–Crippen MR) is 77.5 cm³/mol. The van der Waals surface area contributed by atoms with Crippen molar-refractivity contribution >= 4 is 17.4 Å². The zero-order valence-electron chi connectivity index (χ0n) is 10.9. The molecule has 3 heteroatoms. The van der Waals surface area contributed by atoms with Gasteiger partial charge in [-0.25, -0.2) is 0 Å². The third-order valence-electron chi connectivity index (χ3n) is 3.01. The van der Waals surface area contributed by atoms with Crippen LogP contribution in [-0.4, -0.2) is 10.8 Å². The summed E-state index contributed by atoms with van der Waals surface area (Å²) in [6.45, 7) is 1.99. The number of halogens is 1. The van der Waals surface area contributed by atoms with Crippen molar-refractivity contribution in [1.82, 2.24) is 4.98 Å². The van der Waals surface area contributed by atoms with Crippen LogP contribution in [0.25, 0.3) is 0 Å².